The van der Waals surface area contributed by atoms with Crippen molar-refractivity contribution in [1.29, 1.82) is 0 Å². The first kappa shape index (κ1) is 25.4. The largest absolute Gasteiger partial charge is 0.484 e. The van der Waals surface area contributed by atoms with Crippen molar-refractivity contribution >= 4 is 34.0 Å². The number of nitrogens with zero attached hydrogens (tertiary/aromatic N) is 3. The van der Waals surface area contributed by atoms with E-state index in [1.807, 2.05) is 79.0 Å². The minimum atomic E-state index is -0.833. The summed E-state index contributed by atoms with van der Waals surface area (Å²) >= 11 is 3.36. The number of carbonyl (C=O) groups excluding carboxylic acids is 1. The van der Waals surface area contributed by atoms with Crippen LogP contribution in [0.3, 0.4) is 0 Å². The number of hydrogen-bond donors (Lipinski definition) is 2. The van der Waals surface area contributed by atoms with E-state index in [4.69, 9.17) is 19.7 Å². The van der Waals surface area contributed by atoms with Crippen LogP contribution < -0.4 is 10.2 Å². The van der Waals surface area contributed by atoms with Gasteiger partial charge in [0.15, 0.2) is 6.61 Å². The molecule has 0 bridgehead atoms. The summed E-state index contributed by atoms with van der Waals surface area (Å²) in [6, 6.07) is 26.9. The van der Waals surface area contributed by atoms with Gasteiger partial charge in [0.25, 0.3) is 11.9 Å². The minimum Gasteiger partial charge on any atom is -0.484 e. The molecular weight excluding hydrogens is 512 g/mol. The van der Waals surface area contributed by atoms with Gasteiger partial charge >= 0.3 is 0 Å². The Hall–Kier alpha value is -4.24. The van der Waals surface area contributed by atoms with E-state index in [2.05, 4.69) is 26.5 Å². The number of nitrogens with one attached hydrogen (secondary N) is 1. The number of aromatic nitrogens is 2. The lowest BCUT2D eigenvalue weighted by Crippen LogP contribution is -2.24. The third-order valence-corrected chi connectivity index (χ3v) is 4.92. The molecule has 0 aliphatic rings. The second kappa shape index (κ2) is 12.9. The average molecular weight is 535 g/mol. The molecule has 0 unspecified atom stereocenters. The lowest BCUT2D eigenvalue weighted by Gasteiger charge is -2.04. The Morgan fingerprint density at radius 1 is 1.03 bits per heavy atom. The minimum absolute atomic E-state index is 0.131. The van der Waals surface area contributed by atoms with Gasteiger partial charge in [-0.3, -0.25) is 9.59 Å². The summed E-state index contributed by atoms with van der Waals surface area (Å²) in [7, 11) is 0. The topological polar surface area (TPSA) is 106 Å². The van der Waals surface area contributed by atoms with E-state index in [0.29, 0.717) is 5.75 Å². The number of para-hydroxylation sites is 1. The summed E-state index contributed by atoms with van der Waals surface area (Å²) in [5.41, 5.74) is 5.95. The summed E-state index contributed by atoms with van der Waals surface area (Å²) in [6.07, 6.45) is 3.47. The maximum Gasteiger partial charge on any atom is 0.300 e. The highest BCUT2D eigenvalue weighted by Gasteiger charge is 2.11. The van der Waals surface area contributed by atoms with Crippen molar-refractivity contribution in [3.8, 4) is 22.7 Å². The molecule has 0 fully saturated rings. The molecule has 0 atom stereocenters. The van der Waals surface area contributed by atoms with Gasteiger partial charge in [0.2, 0.25) is 0 Å². The van der Waals surface area contributed by atoms with E-state index in [9.17, 15) is 4.79 Å². The maximum absolute atomic E-state index is 12.1. The van der Waals surface area contributed by atoms with Crippen LogP contribution in [0, 0.1) is 0 Å². The van der Waals surface area contributed by atoms with Crippen LogP contribution in [0.15, 0.2) is 101 Å². The molecular formula is C26H23BrN4O4. The molecule has 3 aromatic carbocycles. The number of hydrazone groups is 1. The number of amides is 1. The summed E-state index contributed by atoms with van der Waals surface area (Å²) < 4.78 is 8.19. The zero-order valence-electron chi connectivity index (χ0n) is 18.8. The molecule has 0 saturated heterocycles. The van der Waals surface area contributed by atoms with Crippen LogP contribution in [0.25, 0.3) is 16.9 Å². The van der Waals surface area contributed by atoms with Crippen molar-refractivity contribution in [3.05, 3.63) is 101 Å². The second-order valence-corrected chi connectivity index (χ2v) is 8.05. The quantitative estimate of drug-likeness (QED) is 0.258. The molecule has 2 N–H and O–H groups in total. The Labute approximate surface area is 211 Å². The van der Waals surface area contributed by atoms with E-state index in [0.717, 1.165) is 33.9 Å². The first-order chi connectivity index (χ1) is 16.9. The normalized spacial score (nSPS) is 10.3. The number of carboxylic acids is 1. The molecule has 8 nitrogen and oxygen atoms in total. The van der Waals surface area contributed by atoms with Crippen LogP contribution in [0.4, 0.5) is 0 Å². The SMILES string of the molecule is CC(=O)O.O=C(COc1ccc(Br)cc1)NN=Cc1cn(-c2ccccc2)nc1-c1ccccc1. The lowest BCUT2D eigenvalue weighted by atomic mass is 10.1. The van der Waals surface area contributed by atoms with Gasteiger partial charge in [0.1, 0.15) is 11.4 Å². The van der Waals surface area contributed by atoms with Crippen molar-refractivity contribution in [2.24, 2.45) is 5.10 Å². The van der Waals surface area contributed by atoms with Gasteiger partial charge in [0.05, 0.1) is 11.9 Å². The number of hydrogen-bond acceptors (Lipinski definition) is 5. The number of halogens is 1. The number of carboxylic acid groups (broad SMARTS) is 1. The third-order valence-electron chi connectivity index (χ3n) is 4.39. The smallest absolute Gasteiger partial charge is 0.300 e. The Bertz CT molecular complexity index is 1270. The highest BCUT2D eigenvalue weighted by Crippen LogP contribution is 2.22. The molecule has 1 heterocycles. The van der Waals surface area contributed by atoms with E-state index in [-0.39, 0.29) is 12.5 Å². The third kappa shape index (κ3) is 8.24. The standard InChI is InChI=1S/C24H19BrN4O2.C2H4O2/c25-20-11-13-22(14-12-20)31-17-23(30)27-26-15-19-16-29(21-9-5-2-6-10-21)28-24(19)18-7-3-1-4-8-18;1-2(3)4/h1-16H,17H2,(H,27,30);1H3,(H,3,4). The predicted molar refractivity (Wildman–Crippen MR) is 138 cm³/mol. The van der Waals surface area contributed by atoms with Crippen molar-refractivity contribution in [2.75, 3.05) is 6.61 Å². The molecule has 0 radical (unpaired) electrons. The van der Waals surface area contributed by atoms with Crippen LogP contribution in [0.1, 0.15) is 12.5 Å². The fourth-order valence-electron chi connectivity index (χ4n) is 2.90. The number of ether oxygens (including phenoxy) is 1. The zero-order valence-corrected chi connectivity index (χ0v) is 20.4. The summed E-state index contributed by atoms with van der Waals surface area (Å²) in [6.45, 7) is 0.952. The number of benzene rings is 3. The number of aliphatic carboxylic acids is 1. The van der Waals surface area contributed by atoms with Gasteiger partial charge in [-0.25, -0.2) is 10.1 Å². The number of rotatable bonds is 7. The molecule has 9 heteroatoms. The molecule has 4 rings (SSSR count). The summed E-state index contributed by atoms with van der Waals surface area (Å²) in [5, 5.41) is 16.2. The summed E-state index contributed by atoms with van der Waals surface area (Å²) in [5.74, 6) is -0.575. The van der Waals surface area contributed by atoms with Gasteiger partial charge in [-0.05, 0) is 36.4 Å². The van der Waals surface area contributed by atoms with E-state index in [1.165, 1.54) is 0 Å². The Morgan fingerprint density at radius 3 is 2.26 bits per heavy atom. The van der Waals surface area contributed by atoms with Gasteiger partial charge in [0, 0.05) is 28.7 Å². The fraction of sp³-hybridized carbons (Fsp3) is 0.0769. The average Bonchev–Trinajstić information content (AvgIpc) is 3.29. The maximum atomic E-state index is 12.1. The van der Waals surface area contributed by atoms with Gasteiger partial charge in [-0.15, -0.1) is 0 Å². The Kier molecular flexibility index (Phi) is 9.32. The van der Waals surface area contributed by atoms with Gasteiger partial charge in [-0.2, -0.15) is 10.2 Å². The molecule has 178 valence electrons. The van der Waals surface area contributed by atoms with Crippen LogP contribution in [0.2, 0.25) is 0 Å². The molecule has 0 aliphatic carbocycles. The Morgan fingerprint density at radius 2 is 1.63 bits per heavy atom. The van der Waals surface area contributed by atoms with Crippen LogP contribution >= 0.6 is 15.9 Å². The highest BCUT2D eigenvalue weighted by molar-refractivity contribution is 9.10. The lowest BCUT2D eigenvalue weighted by molar-refractivity contribution is -0.134. The van der Waals surface area contributed by atoms with Crippen molar-refractivity contribution in [1.82, 2.24) is 15.2 Å². The van der Waals surface area contributed by atoms with E-state index >= 15 is 0 Å². The van der Waals surface area contributed by atoms with Crippen molar-refractivity contribution < 1.29 is 19.4 Å². The van der Waals surface area contributed by atoms with E-state index < -0.39 is 5.97 Å². The second-order valence-electron chi connectivity index (χ2n) is 7.13. The number of carbonyl (C=O) groups is 2. The molecule has 35 heavy (non-hydrogen) atoms. The van der Waals surface area contributed by atoms with Crippen molar-refractivity contribution in [3.63, 3.8) is 0 Å². The molecule has 1 amide bonds. The molecule has 4 aromatic rings. The molecule has 0 spiro atoms. The zero-order chi connectivity index (χ0) is 25.0. The highest BCUT2D eigenvalue weighted by atomic mass is 79.9. The first-order valence-corrected chi connectivity index (χ1v) is 11.3. The van der Waals surface area contributed by atoms with Crippen LogP contribution in [0.5, 0.6) is 5.75 Å². The predicted octanol–water partition coefficient (Wildman–Crippen LogP) is 4.92. The molecule has 0 aliphatic heterocycles. The van der Waals surface area contributed by atoms with Crippen LogP contribution in [-0.2, 0) is 9.59 Å². The van der Waals surface area contributed by atoms with Gasteiger partial charge < -0.3 is 9.84 Å². The van der Waals surface area contributed by atoms with Crippen LogP contribution in [-0.4, -0.2) is 39.6 Å². The monoisotopic (exact) mass is 534 g/mol. The van der Waals surface area contributed by atoms with E-state index in [1.54, 1.807) is 23.0 Å². The molecule has 0 saturated carbocycles. The first-order valence-electron chi connectivity index (χ1n) is 10.5. The Balaban J connectivity index is 0.000000795. The summed E-state index contributed by atoms with van der Waals surface area (Å²) in [4.78, 5) is 21.1. The van der Waals surface area contributed by atoms with Crippen molar-refractivity contribution in [2.45, 2.75) is 6.92 Å². The fourth-order valence-corrected chi connectivity index (χ4v) is 3.17. The molecule has 1 aromatic heterocycles. The van der Waals surface area contributed by atoms with Gasteiger partial charge in [-0.1, -0.05) is 64.5 Å².